The average molecular weight is 276 g/mol. The molecule has 1 heterocycles. The lowest BCUT2D eigenvalue weighted by atomic mass is 10.1. The summed E-state index contributed by atoms with van der Waals surface area (Å²) in [6.45, 7) is -0.409. The summed E-state index contributed by atoms with van der Waals surface area (Å²) in [5, 5.41) is 8.62. The largest absolute Gasteiger partial charge is 0.306 e. The van der Waals surface area contributed by atoms with Crippen LogP contribution in [0.15, 0.2) is 0 Å². The standard InChI is InChI=1S/C11H5F5N2O/c12-6-7(13)9(15)11(10(16)8(6)14)18-3-4(2-17)1-5(18)19/h4H,1,3H2. The van der Waals surface area contributed by atoms with Crippen LogP contribution >= 0.6 is 0 Å². The maximum Gasteiger partial charge on any atom is 0.228 e. The third kappa shape index (κ3) is 1.91. The van der Waals surface area contributed by atoms with Gasteiger partial charge in [0.1, 0.15) is 5.69 Å². The number of hydrogen-bond donors (Lipinski definition) is 0. The highest BCUT2D eigenvalue weighted by molar-refractivity contribution is 5.96. The van der Waals surface area contributed by atoms with Gasteiger partial charge in [0.05, 0.1) is 12.0 Å². The van der Waals surface area contributed by atoms with Crippen molar-refractivity contribution in [1.29, 1.82) is 5.26 Å². The minimum Gasteiger partial charge on any atom is -0.306 e. The van der Waals surface area contributed by atoms with E-state index >= 15 is 0 Å². The van der Waals surface area contributed by atoms with Gasteiger partial charge in [-0.2, -0.15) is 5.26 Å². The van der Waals surface area contributed by atoms with Gasteiger partial charge in [-0.1, -0.05) is 0 Å². The second-order valence-electron chi connectivity index (χ2n) is 3.95. The predicted octanol–water partition coefficient (Wildman–Crippen LogP) is 2.26. The summed E-state index contributed by atoms with van der Waals surface area (Å²) in [6, 6.07) is 1.70. The van der Waals surface area contributed by atoms with E-state index in [0.29, 0.717) is 4.90 Å². The van der Waals surface area contributed by atoms with E-state index in [1.807, 2.05) is 0 Å². The van der Waals surface area contributed by atoms with Gasteiger partial charge < -0.3 is 4.90 Å². The van der Waals surface area contributed by atoms with Crippen molar-refractivity contribution in [1.82, 2.24) is 0 Å². The van der Waals surface area contributed by atoms with Gasteiger partial charge in [-0.15, -0.1) is 0 Å². The molecule has 1 aromatic rings. The summed E-state index contributed by atoms with van der Waals surface area (Å²) in [5.74, 6) is -12.4. The molecule has 100 valence electrons. The molecule has 1 fully saturated rings. The van der Waals surface area contributed by atoms with Crippen LogP contribution in [0.1, 0.15) is 6.42 Å². The van der Waals surface area contributed by atoms with Crippen molar-refractivity contribution in [2.45, 2.75) is 6.42 Å². The number of amides is 1. The van der Waals surface area contributed by atoms with E-state index < -0.39 is 53.1 Å². The molecule has 8 heteroatoms. The molecule has 19 heavy (non-hydrogen) atoms. The van der Waals surface area contributed by atoms with Gasteiger partial charge in [-0.05, 0) is 0 Å². The molecule has 0 aromatic heterocycles. The van der Waals surface area contributed by atoms with E-state index in [4.69, 9.17) is 5.26 Å². The Morgan fingerprint density at radius 3 is 1.89 bits per heavy atom. The van der Waals surface area contributed by atoms with Crippen LogP contribution in [0.4, 0.5) is 27.6 Å². The van der Waals surface area contributed by atoms with E-state index in [1.54, 1.807) is 6.07 Å². The fraction of sp³-hybridized carbons (Fsp3) is 0.273. The molecule has 1 aromatic carbocycles. The van der Waals surface area contributed by atoms with Gasteiger partial charge >= 0.3 is 0 Å². The fourth-order valence-corrected chi connectivity index (χ4v) is 1.84. The Labute approximate surface area is 103 Å². The van der Waals surface area contributed by atoms with Crippen LogP contribution in [0, 0.1) is 46.3 Å². The molecular weight excluding hydrogens is 271 g/mol. The summed E-state index contributed by atoms with van der Waals surface area (Å²) in [7, 11) is 0. The van der Waals surface area contributed by atoms with E-state index in [0.717, 1.165) is 0 Å². The highest BCUT2D eigenvalue weighted by Gasteiger charge is 2.37. The molecule has 3 nitrogen and oxygen atoms in total. The van der Waals surface area contributed by atoms with Crippen molar-refractivity contribution in [2.75, 3.05) is 11.4 Å². The van der Waals surface area contributed by atoms with Gasteiger partial charge in [-0.25, -0.2) is 22.0 Å². The monoisotopic (exact) mass is 276 g/mol. The number of hydrogen-bond acceptors (Lipinski definition) is 2. The smallest absolute Gasteiger partial charge is 0.228 e. The Hall–Kier alpha value is -2.17. The molecule has 1 unspecified atom stereocenters. The summed E-state index contributed by atoms with van der Waals surface area (Å²) < 4.78 is 65.8. The molecule has 0 bridgehead atoms. The second kappa shape index (κ2) is 4.50. The summed E-state index contributed by atoms with van der Waals surface area (Å²) in [6.07, 6.45) is -0.323. The van der Waals surface area contributed by atoms with Crippen molar-refractivity contribution in [3.05, 3.63) is 29.1 Å². The SMILES string of the molecule is N#CC1CC(=O)N(c2c(F)c(F)c(F)c(F)c2F)C1. The molecular formula is C11H5F5N2O. The highest BCUT2D eigenvalue weighted by Crippen LogP contribution is 2.33. The molecule has 1 aliphatic heterocycles. The molecule has 0 aliphatic carbocycles. The molecule has 0 spiro atoms. The Kier molecular flexibility index (Phi) is 3.14. The first kappa shape index (κ1) is 13.3. The summed E-state index contributed by atoms with van der Waals surface area (Å²) >= 11 is 0. The number of nitrogens with zero attached hydrogens (tertiary/aromatic N) is 2. The average Bonchev–Trinajstić information content (AvgIpc) is 2.76. The van der Waals surface area contributed by atoms with Gasteiger partial charge in [0.25, 0.3) is 0 Å². The van der Waals surface area contributed by atoms with Gasteiger partial charge in [0.15, 0.2) is 23.3 Å². The molecule has 1 amide bonds. The molecule has 1 atom stereocenters. The number of carbonyl (C=O) groups is 1. The van der Waals surface area contributed by atoms with E-state index in [2.05, 4.69) is 0 Å². The van der Waals surface area contributed by atoms with Crippen molar-refractivity contribution in [2.24, 2.45) is 5.92 Å². The third-order valence-electron chi connectivity index (χ3n) is 2.76. The number of nitriles is 1. The first-order valence-electron chi connectivity index (χ1n) is 5.09. The highest BCUT2D eigenvalue weighted by atomic mass is 19.2. The molecule has 0 N–H and O–H groups in total. The Bertz CT molecular complexity index is 581. The Balaban J connectivity index is 2.59. The number of carbonyl (C=O) groups excluding carboxylic acids is 1. The van der Waals surface area contributed by atoms with E-state index in [-0.39, 0.29) is 6.42 Å². The molecule has 1 saturated heterocycles. The summed E-state index contributed by atoms with van der Waals surface area (Å²) in [5.41, 5.74) is -1.31. The lowest BCUT2D eigenvalue weighted by molar-refractivity contribution is -0.117. The zero-order chi connectivity index (χ0) is 14.3. The minimum absolute atomic E-state index is 0.323. The molecule has 0 radical (unpaired) electrons. The molecule has 2 rings (SSSR count). The number of rotatable bonds is 1. The predicted molar refractivity (Wildman–Crippen MR) is 52.3 cm³/mol. The van der Waals surface area contributed by atoms with Crippen molar-refractivity contribution in [3.63, 3.8) is 0 Å². The van der Waals surface area contributed by atoms with Gasteiger partial charge in [0.2, 0.25) is 11.7 Å². The lowest BCUT2D eigenvalue weighted by Gasteiger charge is -2.18. The number of halogens is 5. The normalized spacial score (nSPS) is 18.8. The molecule has 0 saturated carbocycles. The first-order chi connectivity index (χ1) is 8.88. The maximum absolute atomic E-state index is 13.5. The fourth-order valence-electron chi connectivity index (χ4n) is 1.84. The Morgan fingerprint density at radius 1 is 1.00 bits per heavy atom. The lowest BCUT2D eigenvalue weighted by Crippen LogP contribution is -2.28. The van der Waals surface area contributed by atoms with Crippen LogP contribution in [0.3, 0.4) is 0 Å². The van der Waals surface area contributed by atoms with Crippen LogP contribution in [0.2, 0.25) is 0 Å². The third-order valence-corrected chi connectivity index (χ3v) is 2.76. The van der Waals surface area contributed by atoms with Gasteiger partial charge in [-0.3, -0.25) is 4.79 Å². The second-order valence-corrected chi connectivity index (χ2v) is 3.95. The van der Waals surface area contributed by atoms with Crippen LogP contribution < -0.4 is 4.90 Å². The maximum atomic E-state index is 13.5. The Morgan fingerprint density at radius 2 is 1.47 bits per heavy atom. The van der Waals surface area contributed by atoms with E-state index in [9.17, 15) is 26.7 Å². The quantitative estimate of drug-likeness (QED) is 0.448. The topological polar surface area (TPSA) is 44.1 Å². The molecule has 1 aliphatic rings. The van der Waals surface area contributed by atoms with Crippen LogP contribution in [0.25, 0.3) is 0 Å². The van der Waals surface area contributed by atoms with Crippen molar-refractivity contribution >= 4 is 11.6 Å². The minimum atomic E-state index is -2.29. The van der Waals surface area contributed by atoms with Crippen LogP contribution in [0.5, 0.6) is 0 Å². The summed E-state index contributed by atoms with van der Waals surface area (Å²) in [4.78, 5) is 11.9. The van der Waals surface area contributed by atoms with Crippen LogP contribution in [-0.2, 0) is 4.79 Å². The number of benzene rings is 1. The van der Waals surface area contributed by atoms with Crippen LogP contribution in [-0.4, -0.2) is 12.5 Å². The van der Waals surface area contributed by atoms with Crippen molar-refractivity contribution < 1.29 is 26.7 Å². The van der Waals surface area contributed by atoms with Crippen molar-refractivity contribution in [3.8, 4) is 6.07 Å². The zero-order valence-electron chi connectivity index (χ0n) is 9.18. The zero-order valence-corrected chi connectivity index (χ0v) is 9.18. The first-order valence-corrected chi connectivity index (χ1v) is 5.09. The van der Waals surface area contributed by atoms with Gasteiger partial charge in [0, 0.05) is 13.0 Å². The van der Waals surface area contributed by atoms with E-state index in [1.165, 1.54) is 0 Å². The number of anilines is 1.